The zero-order valence-corrected chi connectivity index (χ0v) is 14.0. The minimum absolute atomic E-state index is 0.0478. The Morgan fingerprint density at radius 2 is 1.88 bits per heavy atom. The highest BCUT2D eigenvalue weighted by molar-refractivity contribution is 5.97. The summed E-state index contributed by atoms with van der Waals surface area (Å²) in [5, 5.41) is 12.8. The predicted molar refractivity (Wildman–Crippen MR) is 90.6 cm³/mol. The molecular formula is C19H23NO4. The fraction of sp³-hybridized carbons (Fsp3) is 0.368. The van der Waals surface area contributed by atoms with Crippen LogP contribution in [0, 0.1) is 6.92 Å². The maximum Gasteiger partial charge on any atom is 0.220 e. The van der Waals surface area contributed by atoms with Gasteiger partial charge in [0.15, 0.2) is 5.78 Å². The van der Waals surface area contributed by atoms with E-state index in [2.05, 4.69) is 5.32 Å². The Hall–Kier alpha value is -2.40. The van der Waals surface area contributed by atoms with E-state index < -0.39 is 6.10 Å². The van der Waals surface area contributed by atoms with E-state index in [1.807, 2.05) is 26.0 Å². The molecule has 0 saturated carbocycles. The van der Waals surface area contributed by atoms with E-state index in [1.54, 1.807) is 24.3 Å². The molecule has 0 aliphatic rings. The summed E-state index contributed by atoms with van der Waals surface area (Å²) in [6, 6.07) is 10.5. The van der Waals surface area contributed by atoms with Crippen LogP contribution in [0.5, 0.6) is 0 Å². The van der Waals surface area contributed by atoms with Gasteiger partial charge in [-0.15, -0.1) is 0 Å². The van der Waals surface area contributed by atoms with Crippen LogP contribution >= 0.6 is 0 Å². The predicted octanol–water partition coefficient (Wildman–Crippen LogP) is 3.18. The van der Waals surface area contributed by atoms with E-state index in [0.717, 1.165) is 5.56 Å². The first-order valence-corrected chi connectivity index (χ1v) is 8.06. The Labute approximate surface area is 141 Å². The summed E-state index contributed by atoms with van der Waals surface area (Å²) in [7, 11) is 0. The van der Waals surface area contributed by atoms with Gasteiger partial charge in [-0.3, -0.25) is 9.59 Å². The third-order valence-electron chi connectivity index (χ3n) is 3.81. The Morgan fingerprint density at radius 1 is 1.17 bits per heavy atom. The van der Waals surface area contributed by atoms with Gasteiger partial charge in [-0.05, 0) is 26.0 Å². The lowest BCUT2D eigenvalue weighted by molar-refractivity contribution is -0.121. The van der Waals surface area contributed by atoms with Gasteiger partial charge in [0.05, 0.1) is 6.26 Å². The first kappa shape index (κ1) is 17.9. The molecule has 1 aromatic carbocycles. The molecule has 0 bridgehead atoms. The summed E-state index contributed by atoms with van der Waals surface area (Å²) in [6.07, 6.45) is 1.39. The Balaban J connectivity index is 1.74. The first-order valence-electron chi connectivity index (χ1n) is 8.06. The van der Waals surface area contributed by atoms with Gasteiger partial charge in [0.1, 0.15) is 11.9 Å². The zero-order chi connectivity index (χ0) is 17.5. The van der Waals surface area contributed by atoms with Gasteiger partial charge >= 0.3 is 0 Å². The molecule has 1 amide bonds. The number of rotatable bonds is 8. The second-order valence-electron chi connectivity index (χ2n) is 6.02. The molecule has 0 spiro atoms. The van der Waals surface area contributed by atoms with Crippen molar-refractivity contribution in [2.45, 2.75) is 45.3 Å². The number of hydrogen-bond donors (Lipinski definition) is 2. The molecule has 24 heavy (non-hydrogen) atoms. The van der Waals surface area contributed by atoms with Crippen molar-refractivity contribution in [3.8, 4) is 0 Å². The van der Waals surface area contributed by atoms with Crippen LogP contribution in [0.3, 0.4) is 0 Å². The van der Waals surface area contributed by atoms with Gasteiger partial charge in [0.25, 0.3) is 0 Å². The van der Waals surface area contributed by atoms with E-state index >= 15 is 0 Å². The number of benzene rings is 1. The standard InChI is InChI=1S/C19H23NO4/c1-13-5-7-15(8-6-13)16(21)9-10-19(23)20-14(2)12-17(22)18-4-3-11-24-18/h3-8,11,14,17,22H,9-10,12H2,1-2H3,(H,20,23). The van der Waals surface area contributed by atoms with Gasteiger partial charge in [-0.1, -0.05) is 29.8 Å². The number of carbonyl (C=O) groups excluding carboxylic acids is 2. The van der Waals surface area contributed by atoms with Gasteiger partial charge in [-0.2, -0.15) is 0 Å². The molecule has 0 aliphatic carbocycles. The molecule has 2 rings (SSSR count). The van der Waals surface area contributed by atoms with Crippen LogP contribution in [0.1, 0.15) is 54.0 Å². The van der Waals surface area contributed by atoms with Crippen molar-refractivity contribution in [3.05, 3.63) is 59.5 Å². The number of aliphatic hydroxyl groups excluding tert-OH is 1. The maximum absolute atomic E-state index is 12.0. The highest BCUT2D eigenvalue weighted by atomic mass is 16.4. The number of nitrogens with one attached hydrogen (secondary N) is 1. The topological polar surface area (TPSA) is 79.5 Å². The Bertz CT molecular complexity index is 661. The third-order valence-corrected chi connectivity index (χ3v) is 3.81. The van der Waals surface area contributed by atoms with E-state index in [0.29, 0.717) is 17.7 Å². The summed E-state index contributed by atoms with van der Waals surface area (Å²) in [6.45, 7) is 3.77. The summed E-state index contributed by atoms with van der Waals surface area (Å²) in [4.78, 5) is 24.0. The van der Waals surface area contributed by atoms with E-state index in [1.165, 1.54) is 6.26 Å². The number of carbonyl (C=O) groups is 2. The number of ketones is 1. The lowest BCUT2D eigenvalue weighted by Crippen LogP contribution is -2.33. The van der Waals surface area contributed by atoms with Crippen LogP contribution in [0.15, 0.2) is 47.1 Å². The minimum Gasteiger partial charge on any atom is -0.467 e. The van der Waals surface area contributed by atoms with Crippen LogP contribution in [-0.4, -0.2) is 22.8 Å². The second kappa shape index (κ2) is 8.45. The van der Waals surface area contributed by atoms with Crippen LogP contribution in [0.25, 0.3) is 0 Å². The van der Waals surface area contributed by atoms with Gasteiger partial charge in [0, 0.05) is 30.9 Å². The number of aliphatic hydroxyl groups is 1. The Kier molecular flexibility index (Phi) is 6.32. The van der Waals surface area contributed by atoms with Gasteiger partial charge in [-0.25, -0.2) is 0 Å². The second-order valence-corrected chi connectivity index (χ2v) is 6.02. The van der Waals surface area contributed by atoms with Crippen molar-refractivity contribution in [3.63, 3.8) is 0 Å². The largest absolute Gasteiger partial charge is 0.467 e. The van der Waals surface area contributed by atoms with Crippen LogP contribution in [0.2, 0.25) is 0 Å². The van der Waals surface area contributed by atoms with Gasteiger partial charge < -0.3 is 14.8 Å². The molecule has 2 unspecified atom stereocenters. The van der Waals surface area contributed by atoms with Crippen molar-refractivity contribution < 1.29 is 19.1 Å². The van der Waals surface area contributed by atoms with Crippen molar-refractivity contribution in [2.24, 2.45) is 0 Å². The fourth-order valence-corrected chi connectivity index (χ4v) is 2.45. The summed E-state index contributed by atoms with van der Waals surface area (Å²) >= 11 is 0. The molecule has 0 radical (unpaired) electrons. The summed E-state index contributed by atoms with van der Waals surface area (Å²) in [5.41, 5.74) is 1.71. The lowest BCUT2D eigenvalue weighted by Gasteiger charge is -2.16. The van der Waals surface area contributed by atoms with Crippen molar-refractivity contribution in [2.75, 3.05) is 0 Å². The SMILES string of the molecule is Cc1ccc(C(=O)CCC(=O)NC(C)CC(O)c2ccco2)cc1. The van der Waals surface area contributed by atoms with Crippen molar-refractivity contribution in [1.29, 1.82) is 0 Å². The molecule has 2 N–H and O–H groups in total. The van der Waals surface area contributed by atoms with E-state index in [-0.39, 0.29) is 30.6 Å². The number of amides is 1. The highest BCUT2D eigenvalue weighted by Gasteiger charge is 2.17. The van der Waals surface area contributed by atoms with Crippen LogP contribution in [-0.2, 0) is 4.79 Å². The average Bonchev–Trinajstić information content (AvgIpc) is 3.07. The highest BCUT2D eigenvalue weighted by Crippen LogP contribution is 2.18. The molecule has 5 nitrogen and oxygen atoms in total. The van der Waals surface area contributed by atoms with E-state index in [4.69, 9.17) is 4.42 Å². The molecule has 128 valence electrons. The van der Waals surface area contributed by atoms with E-state index in [9.17, 15) is 14.7 Å². The van der Waals surface area contributed by atoms with Crippen molar-refractivity contribution >= 4 is 11.7 Å². The quantitative estimate of drug-likeness (QED) is 0.729. The molecule has 0 saturated heterocycles. The number of aryl methyl sites for hydroxylation is 1. The normalized spacial score (nSPS) is 13.3. The molecule has 1 aromatic heterocycles. The van der Waals surface area contributed by atoms with Crippen molar-refractivity contribution in [1.82, 2.24) is 5.32 Å². The summed E-state index contributed by atoms with van der Waals surface area (Å²) in [5.74, 6) is 0.230. The molecule has 5 heteroatoms. The number of hydrogen-bond acceptors (Lipinski definition) is 4. The number of Topliss-reactive ketones (excluding diaryl/α,β-unsaturated/α-hetero) is 1. The molecule has 2 atom stereocenters. The maximum atomic E-state index is 12.0. The smallest absolute Gasteiger partial charge is 0.220 e. The Morgan fingerprint density at radius 3 is 2.50 bits per heavy atom. The number of furan rings is 1. The lowest BCUT2D eigenvalue weighted by atomic mass is 10.0. The molecular weight excluding hydrogens is 306 g/mol. The average molecular weight is 329 g/mol. The zero-order valence-electron chi connectivity index (χ0n) is 14.0. The summed E-state index contributed by atoms with van der Waals surface area (Å²) < 4.78 is 5.13. The molecule has 0 aliphatic heterocycles. The first-order chi connectivity index (χ1) is 11.5. The monoisotopic (exact) mass is 329 g/mol. The third kappa shape index (κ3) is 5.35. The fourth-order valence-electron chi connectivity index (χ4n) is 2.45. The van der Waals surface area contributed by atoms with Gasteiger partial charge in [0.2, 0.25) is 5.91 Å². The molecule has 0 fully saturated rings. The van der Waals surface area contributed by atoms with Crippen LogP contribution < -0.4 is 5.32 Å². The minimum atomic E-state index is -0.760. The molecule has 2 aromatic rings. The van der Waals surface area contributed by atoms with Crippen LogP contribution in [0.4, 0.5) is 0 Å². The molecule has 1 heterocycles.